The molecule has 0 atom stereocenters. The molecule has 0 unspecified atom stereocenters. The number of allylic oxidation sites excluding steroid dienone is 1. The van der Waals surface area contributed by atoms with Crippen LogP contribution >= 0.6 is 10.9 Å². The van der Waals surface area contributed by atoms with Crippen LogP contribution in [0.3, 0.4) is 0 Å². The Morgan fingerprint density at radius 2 is 1.48 bits per heavy atom. The van der Waals surface area contributed by atoms with Crippen LogP contribution < -0.4 is 24.8 Å². The van der Waals surface area contributed by atoms with E-state index in [2.05, 4.69) is 32.4 Å². The fourth-order valence-corrected chi connectivity index (χ4v) is 7.86. The number of nitrogens with one attached hydrogen (secondary N) is 2. The first kappa shape index (κ1) is 48.9. The zero-order chi connectivity index (χ0) is 45.7. The Morgan fingerprint density at radius 1 is 0.781 bits per heavy atom. The smallest absolute Gasteiger partial charge is 0.303 e. The van der Waals surface area contributed by atoms with Gasteiger partial charge in [0.1, 0.15) is 28.1 Å². The molecule has 5 rings (SSSR count). The number of azo groups is 1. The molecule has 0 bridgehead atoms. The molecule has 6 N–H and O–H groups in total. The molecule has 3 aromatic carbocycles. The Hall–Kier alpha value is -6.14. The number of carbonyl (C=O) groups excluding carboxylic acids is 3. The number of ether oxygens (including phenoxy) is 3. The van der Waals surface area contributed by atoms with Crippen LogP contribution in [0.4, 0.5) is 5.82 Å². The Balaban J connectivity index is 0.963. The molecule has 17 heteroatoms. The Labute approximate surface area is 374 Å². The predicted octanol–water partition coefficient (Wildman–Crippen LogP) is 8.94. The number of carboxylic acid groups (broad SMARTS) is 1. The number of hydrogen-bond donors (Lipinski definition) is 6. The lowest BCUT2D eigenvalue weighted by Crippen LogP contribution is -2.30. The number of aromatic nitrogens is 1. The second-order valence-electron chi connectivity index (χ2n) is 15.1. The molecule has 1 aromatic heterocycles. The number of fused-ring (bicyclic) bond motifs is 1. The number of ketones is 1. The molecule has 0 radical (unpaired) electrons. The van der Waals surface area contributed by atoms with Gasteiger partial charge in [0.25, 0.3) is 5.91 Å². The second kappa shape index (κ2) is 25.2. The second-order valence-corrected chi connectivity index (χ2v) is 16.5. The monoisotopic (exact) mass is 899 g/mol. The molecule has 2 amide bonds. The van der Waals surface area contributed by atoms with Gasteiger partial charge in [-0.05, 0) is 111 Å². The Kier molecular flexibility index (Phi) is 19.3. The summed E-state index contributed by atoms with van der Waals surface area (Å²) in [5.74, 6) is 0.867. The lowest BCUT2D eigenvalue weighted by atomic mass is 9.86. The van der Waals surface area contributed by atoms with Crippen molar-refractivity contribution >= 4 is 40.3 Å². The zero-order valence-electron chi connectivity index (χ0n) is 35.8. The van der Waals surface area contributed by atoms with Crippen molar-refractivity contribution in [2.45, 2.75) is 88.5 Å². The van der Waals surface area contributed by atoms with E-state index in [1.165, 1.54) is 18.3 Å². The van der Waals surface area contributed by atoms with Gasteiger partial charge in [0.05, 0.1) is 36.8 Å². The molecule has 0 aliphatic heterocycles. The van der Waals surface area contributed by atoms with Crippen molar-refractivity contribution in [1.82, 2.24) is 15.6 Å². The van der Waals surface area contributed by atoms with Gasteiger partial charge in [-0.15, -0.1) is 11.7 Å². The van der Waals surface area contributed by atoms with E-state index in [0.717, 1.165) is 54.5 Å². The van der Waals surface area contributed by atoms with Gasteiger partial charge < -0.3 is 43.6 Å². The fraction of sp³-hybridized carbons (Fsp3) is 0.383. The van der Waals surface area contributed by atoms with E-state index in [9.17, 15) is 37.9 Å². The van der Waals surface area contributed by atoms with Crippen molar-refractivity contribution < 1.29 is 52.2 Å². The quantitative estimate of drug-likeness (QED) is 0.0187. The van der Waals surface area contributed by atoms with Gasteiger partial charge in [-0.3, -0.25) is 19.2 Å². The van der Waals surface area contributed by atoms with Crippen molar-refractivity contribution in [3.63, 3.8) is 0 Å². The van der Waals surface area contributed by atoms with E-state index in [4.69, 9.17) is 14.2 Å². The van der Waals surface area contributed by atoms with Crippen LogP contribution in [-0.4, -0.2) is 80.2 Å². The summed E-state index contributed by atoms with van der Waals surface area (Å²) in [4.78, 5) is 53.0. The highest BCUT2D eigenvalue weighted by Crippen LogP contribution is 2.45. The fourth-order valence-electron chi connectivity index (χ4n) is 7.11. The van der Waals surface area contributed by atoms with Crippen molar-refractivity contribution in [2.24, 2.45) is 10.2 Å². The summed E-state index contributed by atoms with van der Waals surface area (Å²) in [6, 6.07) is 18.4. The highest BCUT2D eigenvalue weighted by Gasteiger charge is 2.22. The predicted molar refractivity (Wildman–Crippen MR) is 242 cm³/mol. The van der Waals surface area contributed by atoms with Gasteiger partial charge in [0.2, 0.25) is 5.91 Å². The molecule has 4 aromatic rings. The maximum Gasteiger partial charge on any atom is 0.303 e. The summed E-state index contributed by atoms with van der Waals surface area (Å²) in [6.07, 6.45) is 9.85. The number of rotatable bonds is 27. The van der Waals surface area contributed by atoms with Crippen LogP contribution in [0.2, 0.25) is 0 Å². The van der Waals surface area contributed by atoms with Gasteiger partial charge >= 0.3 is 5.97 Å². The van der Waals surface area contributed by atoms with Crippen LogP contribution in [0.15, 0.2) is 101 Å². The minimum atomic E-state index is -3.90. The number of hydrogen-bond acceptors (Lipinski definition) is 13. The van der Waals surface area contributed by atoms with Crippen LogP contribution in [0.25, 0.3) is 0 Å². The number of pyridine rings is 1. The van der Waals surface area contributed by atoms with Gasteiger partial charge in [-0.2, -0.15) is 5.11 Å². The molecule has 0 saturated carbocycles. The normalized spacial score (nSPS) is 12.6. The molecule has 64 heavy (non-hydrogen) atoms. The lowest BCUT2D eigenvalue weighted by molar-refractivity contribution is -0.137. The maximum atomic E-state index is 12.6. The number of carbonyl (C=O) groups is 4. The number of aliphatic carboxylic acids is 1. The first-order valence-electron chi connectivity index (χ1n) is 21.4. The summed E-state index contributed by atoms with van der Waals surface area (Å²) in [5, 5.41) is 23.0. The van der Waals surface area contributed by atoms with Crippen molar-refractivity contribution in [2.75, 3.05) is 32.9 Å². The van der Waals surface area contributed by atoms with Crippen LogP contribution in [0.1, 0.15) is 101 Å². The Bertz CT molecular complexity index is 2250. The van der Waals surface area contributed by atoms with E-state index >= 15 is 0 Å². The number of unbranched alkanes of at least 4 members (excludes halogenated alkanes) is 2. The molecule has 0 spiro atoms. The number of Topliss-reactive ketones (excluding diaryl/α,β-unsaturated/α-hetero) is 1. The van der Waals surface area contributed by atoms with Crippen molar-refractivity contribution in [3.8, 4) is 17.2 Å². The minimum absolute atomic E-state index is 0.0229. The van der Waals surface area contributed by atoms with Crippen LogP contribution in [0.5, 0.6) is 17.2 Å². The zero-order valence-corrected chi connectivity index (χ0v) is 36.7. The van der Waals surface area contributed by atoms with Crippen LogP contribution in [-0.2, 0) is 35.4 Å². The van der Waals surface area contributed by atoms with Gasteiger partial charge in [-0.1, -0.05) is 30.3 Å². The molecule has 0 saturated heterocycles. The number of benzene rings is 3. The minimum Gasteiger partial charge on any atom is -0.493 e. The first-order valence-corrected chi connectivity index (χ1v) is 22.9. The third kappa shape index (κ3) is 15.3. The SMILES string of the molecule is C=CCc1c(OCCCCCOc2cccc(OCCCC(=O)NCCCNC(=O)c3ccc(N=NCc4ccccc4S(O)(O)O)nc3)c2CCC(=O)O)ccc2c1CCCC2=O. The molecule has 0 fully saturated rings. The number of nitrogens with zero attached hydrogens (tertiary/aromatic N) is 3. The van der Waals surface area contributed by atoms with Gasteiger partial charge in [0, 0.05) is 55.2 Å². The topological polar surface area (TPSA) is 239 Å². The molecule has 1 aliphatic rings. The first-order chi connectivity index (χ1) is 30.9. The van der Waals surface area contributed by atoms with Crippen molar-refractivity contribution in [1.29, 1.82) is 0 Å². The third-order valence-electron chi connectivity index (χ3n) is 10.3. The molecule has 1 aliphatic carbocycles. The van der Waals surface area contributed by atoms with E-state index in [0.29, 0.717) is 80.2 Å². The molecule has 16 nitrogen and oxygen atoms in total. The molecule has 342 valence electrons. The maximum absolute atomic E-state index is 12.6. The molecular weight excluding hydrogens is 843 g/mol. The highest BCUT2D eigenvalue weighted by atomic mass is 32.3. The van der Waals surface area contributed by atoms with Gasteiger partial charge in [-0.25, -0.2) is 4.98 Å². The number of carboxylic acids is 1. The lowest BCUT2D eigenvalue weighted by Gasteiger charge is -2.21. The van der Waals surface area contributed by atoms with Gasteiger partial charge in [0.15, 0.2) is 11.6 Å². The van der Waals surface area contributed by atoms with Crippen LogP contribution in [0, 0.1) is 0 Å². The van der Waals surface area contributed by atoms with E-state index in [1.54, 1.807) is 42.5 Å². The summed E-state index contributed by atoms with van der Waals surface area (Å²) >= 11 is 0. The number of amides is 2. The summed E-state index contributed by atoms with van der Waals surface area (Å²) in [7, 11) is -3.90. The average Bonchev–Trinajstić information content (AvgIpc) is 3.27. The molecular formula is C47H57N5O11S. The molecule has 1 heterocycles. The van der Waals surface area contributed by atoms with E-state index in [-0.39, 0.29) is 60.7 Å². The largest absolute Gasteiger partial charge is 0.493 e. The Morgan fingerprint density at radius 3 is 2.17 bits per heavy atom. The summed E-state index contributed by atoms with van der Waals surface area (Å²) < 4.78 is 47.1. The summed E-state index contributed by atoms with van der Waals surface area (Å²) in [5.41, 5.74) is 4.31. The van der Waals surface area contributed by atoms with Crippen molar-refractivity contribution in [3.05, 3.63) is 119 Å². The third-order valence-corrected chi connectivity index (χ3v) is 11.3. The standard InChI is InChI=1S/C47H57N5O11S/c1-2-12-37-35-14-8-15-39(53)36(35)21-23-42(37)62-29-7-3-6-28-61-40-16-9-17-41(38(40)22-25-46(55)56)63-30-10-19-45(54)48-26-11-27-49-47(57)34-20-24-44(50-31-34)52-51-32-33-13-4-5-18-43(33)64(58,59)60/h2,4-5,9,13,16-18,20-21,23-24,31,58-60H,1,3,6-8,10-12,14-15,19,22,25-30,32H2,(H,48,54)(H,49,57)(H,55,56). The van der Waals surface area contributed by atoms with E-state index < -0.39 is 16.8 Å². The average molecular weight is 900 g/mol. The highest BCUT2D eigenvalue weighted by molar-refractivity contribution is 8.19. The summed E-state index contributed by atoms with van der Waals surface area (Å²) in [6.45, 7) is 5.73. The van der Waals surface area contributed by atoms with E-state index in [1.807, 2.05) is 18.2 Å².